The van der Waals surface area contributed by atoms with Gasteiger partial charge in [0.25, 0.3) is 0 Å². The summed E-state index contributed by atoms with van der Waals surface area (Å²) in [5.41, 5.74) is 1.40. The fraction of sp³-hybridized carbons (Fsp3) is 0.778. The summed E-state index contributed by atoms with van der Waals surface area (Å²) in [6.45, 7) is 6.42. The minimum Gasteiger partial charge on any atom is -0.369 e. The van der Waals surface area contributed by atoms with Gasteiger partial charge in [-0.3, -0.25) is 15.0 Å². The molecule has 6 nitrogen and oxygen atoms in total. The zero-order valence-corrected chi connectivity index (χ0v) is 9.24. The van der Waals surface area contributed by atoms with E-state index in [1.165, 1.54) is 4.90 Å². The Bertz CT molecular complexity index is 278. The highest BCUT2D eigenvalue weighted by molar-refractivity contribution is 6.34. The summed E-state index contributed by atoms with van der Waals surface area (Å²) in [6, 6.07) is 0. The molecule has 1 unspecified atom stereocenters. The van der Waals surface area contributed by atoms with Crippen molar-refractivity contribution in [3.8, 4) is 0 Å². The second-order valence-electron chi connectivity index (χ2n) is 4.35. The number of hydrogen-bond acceptors (Lipinski definition) is 4. The maximum atomic E-state index is 11.5. The van der Waals surface area contributed by atoms with E-state index in [-0.39, 0.29) is 6.10 Å². The van der Waals surface area contributed by atoms with Crippen molar-refractivity contribution in [2.24, 2.45) is 5.84 Å². The SMILES string of the molecule is CC1CN(C(=O)C(=O)NN)CC(C)(C)O1. The largest absolute Gasteiger partial charge is 0.369 e. The molecule has 1 aliphatic heterocycles. The van der Waals surface area contributed by atoms with Gasteiger partial charge in [-0.15, -0.1) is 0 Å². The Balaban J connectivity index is 2.70. The van der Waals surface area contributed by atoms with E-state index >= 15 is 0 Å². The highest BCUT2D eigenvalue weighted by Gasteiger charge is 2.35. The third-order valence-corrected chi connectivity index (χ3v) is 2.18. The number of nitrogens with two attached hydrogens (primary N) is 1. The monoisotopic (exact) mass is 215 g/mol. The summed E-state index contributed by atoms with van der Waals surface area (Å²) in [7, 11) is 0. The normalized spacial score (nSPS) is 24.8. The van der Waals surface area contributed by atoms with Crippen molar-refractivity contribution in [2.45, 2.75) is 32.5 Å². The van der Waals surface area contributed by atoms with Gasteiger partial charge in [-0.1, -0.05) is 0 Å². The molecular weight excluding hydrogens is 198 g/mol. The molecule has 15 heavy (non-hydrogen) atoms. The summed E-state index contributed by atoms with van der Waals surface area (Å²) in [5.74, 6) is 3.50. The Hall–Kier alpha value is -1.14. The summed E-state index contributed by atoms with van der Waals surface area (Å²) < 4.78 is 5.61. The third kappa shape index (κ3) is 2.90. The lowest BCUT2D eigenvalue weighted by Crippen LogP contribution is -2.57. The summed E-state index contributed by atoms with van der Waals surface area (Å²) in [5, 5.41) is 0. The van der Waals surface area contributed by atoms with E-state index in [4.69, 9.17) is 10.6 Å². The Morgan fingerprint density at radius 1 is 1.53 bits per heavy atom. The van der Waals surface area contributed by atoms with Crippen molar-refractivity contribution in [3.05, 3.63) is 0 Å². The van der Waals surface area contributed by atoms with Gasteiger partial charge in [0.2, 0.25) is 0 Å². The van der Waals surface area contributed by atoms with E-state index in [1.807, 2.05) is 26.2 Å². The number of hydrazine groups is 1. The molecule has 0 spiro atoms. The molecule has 0 bridgehead atoms. The number of nitrogens with one attached hydrogen (secondary N) is 1. The molecule has 1 fully saturated rings. The van der Waals surface area contributed by atoms with Crippen LogP contribution in [-0.2, 0) is 14.3 Å². The second kappa shape index (κ2) is 4.16. The molecule has 86 valence electrons. The van der Waals surface area contributed by atoms with Crippen molar-refractivity contribution in [3.63, 3.8) is 0 Å². The van der Waals surface area contributed by atoms with Crippen LogP contribution in [0.4, 0.5) is 0 Å². The highest BCUT2D eigenvalue weighted by atomic mass is 16.5. The van der Waals surface area contributed by atoms with Gasteiger partial charge in [-0.05, 0) is 20.8 Å². The van der Waals surface area contributed by atoms with Crippen LogP contribution in [0.1, 0.15) is 20.8 Å². The maximum Gasteiger partial charge on any atom is 0.323 e. The molecule has 1 rings (SSSR count). The fourth-order valence-electron chi connectivity index (χ4n) is 1.81. The third-order valence-electron chi connectivity index (χ3n) is 2.18. The molecule has 1 heterocycles. The first kappa shape index (κ1) is 11.9. The summed E-state index contributed by atoms with van der Waals surface area (Å²) in [6.07, 6.45) is -0.0803. The van der Waals surface area contributed by atoms with E-state index in [1.54, 1.807) is 0 Å². The van der Waals surface area contributed by atoms with Crippen LogP contribution in [0.5, 0.6) is 0 Å². The molecule has 0 radical (unpaired) electrons. The molecule has 0 aromatic rings. The molecule has 0 aliphatic carbocycles. The molecule has 0 aromatic heterocycles. The molecule has 2 amide bonds. The molecular formula is C9H17N3O3. The van der Waals surface area contributed by atoms with Crippen LogP contribution in [-0.4, -0.2) is 41.5 Å². The first-order chi connectivity index (χ1) is 6.85. The van der Waals surface area contributed by atoms with E-state index in [0.29, 0.717) is 13.1 Å². The molecule has 3 N–H and O–H groups in total. The quantitative estimate of drug-likeness (QED) is 0.235. The number of ether oxygens (including phenoxy) is 1. The predicted octanol–water partition coefficient (Wildman–Crippen LogP) is -0.998. The number of hydrogen-bond donors (Lipinski definition) is 2. The van der Waals surface area contributed by atoms with Crippen LogP contribution < -0.4 is 11.3 Å². The first-order valence-corrected chi connectivity index (χ1v) is 4.83. The van der Waals surface area contributed by atoms with Crippen LogP contribution >= 0.6 is 0 Å². The molecule has 0 saturated carbocycles. The second-order valence-corrected chi connectivity index (χ2v) is 4.35. The number of amides is 2. The van der Waals surface area contributed by atoms with Crippen molar-refractivity contribution in [1.29, 1.82) is 0 Å². The topological polar surface area (TPSA) is 84.7 Å². The van der Waals surface area contributed by atoms with Gasteiger partial charge in [-0.25, -0.2) is 5.84 Å². The summed E-state index contributed by atoms with van der Waals surface area (Å²) in [4.78, 5) is 24.1. The lowest BCUT2D eigenvalue weighted by molar-refractivity contribution is -0.163. The van der Waals surface area contributed by atoms with Gasteiger partial charge in [0.05, 0.1) is 11.7 Å². The molecule has 1 aliphatic rings. The smallest absolute Gasteiger partial charge is 0.323 e. The highest BCUT2D eigenvalue weighted by Crippen LogP contribution is 2.20. The van der Waals surface area contributed by atoms with Gasteiger partial charge < -0.3 is 9.64 Å². The minimum absolute atomic E-state index is 0.0803. The number of carbonyl (C=O) groups is 2. The maximum absolute atomic E-state index is 11.5. The minimum atomic E-state index is -0.792. The molecule has 1 atom stereocenters. The average molecular weight is 215 g/mol. The zero-order chi connectivity index (χ0) is 11.6. The Morgan fingerprint density at radius 3 is 2.60 bits per heavy atom. The van der Waals surface area contributed by atoms with E-state index in [9.17, 15) is 9.59 Å². The van der Waals surface area contributed by atoms with E-state index in [0.717, 1.165) is 0 Å². The van der Waals surface area contributed by atoms with Crippen molar-refractivity contribution in [2.75, 3.05) is 13.1 Å². The van der Waals surface area contributed by atoms with Crippen LogP contribution in [0.15, 0.2) is 0 Å². The zero-order valence-electron chi connectivity index (χ0n) is 9.24. The molecule has 6 heteroatoms. The Kier molecular flexibility index (Phi) is 3.31. The number of nitrogens with zero attached hydrogens (tertiary/aromatic N) is 1. The predicted molar refractivity (Wildman–Crippen MR) is 53.5 cm³/mol. The van der Waals surface area contributed by atoms with Crippen LogP contribution in [0.2, 0.25) is 0 Å². The standard InChI is InChI=1S/C9H17N3O3/c1-6-4-12(5-9(2,3)15-6)8(14)7(13)11-10/h6H,4-5,10H2,1-3H3,(H,11,13). The van der Waals surface area contributed by atoms with E-state index < -0.39 is 17.4 Å². The number of carbonyl (C=O) groups excluding carboxylic acids is 2. The van der Waals surface area contributed by atoms with Crippen LogP contribution in [0, 0.1) is 0 Å². The lowest BCUT2D eigenvalue weighted by Gasteiger charge is -2.41. The fourth-order valence-corrected chi connectivity index (χ4v) is 1.81. The van der Waals surface area contributed by atoms with Crippen LogP contribution in [0.3, 0.4) is 0 Å². The molecule has 1 saturated heterocycles. The number of morpholine rings is 1. The Labute approximate surface area is 88.7 Å². The van der Waals surface area contributed by atoms with Gasteiger partial charge in [0.1, 0.15) is 0 Å². The van der Waals surface area contributed by atoms with Gasteiger partial charge in [0, 0.05) is 13.1 Å². The first-order valence-electron chi connectivity index (χ1n) is 4.83. The van der Waals surface area contributed by atoms with Crippen LogP contribution in [0.25, 0.3) is 0 Å². The van der Waals surface area contributed by atoms with Crippen molar-refractivity contribution < 1.29 is 14.3 Å². The van der Waals surface area contributed by atoms with Gasteiger partial charge in [-0.2, -0.15) is 0 Å². The van der Waals surface area contributed by atoms with Crippen molar-refractivity contribution >= 4 is 11.8 Å². The summed E-state index contributed by atoms with van der Waals surface area (Å²) >= 11 is 0. The van der Waals surface area contributed by atoms with Gasteiger partial charge in [0.15, 0.2) is 0 Å². The Morgan fingerprint density at radius 2 is 2.13 bits per heavy atom. The van der Waals surface area contributed by atoms with E-state index in [2.05, 4.69) is 0 Å². The van der Waals surface area contributed by atoms with Crippen molar-refractivity contribution in [1.82, 2.24) is 10.3 Å². The molecule has 0 aromatic carbocycles. The average Bonchev–Trinajstić information content (AvgIpc) is 2.12. The number of rotatable bonds is 0. The lowest BCUT2D eigenvalue weighted by atomic mass is 10.1. The van der Waals surface area contributed by atoms with Gasteiger partial charge >= 0.3 is 11.8 Å².